The maximum atomic E-state index is 12.9. The third-order valence-electron chi connectivity index (χ3n) is 6.81. The number of phenols is 1. The van der Waals surface area contributed by atoms with Crippen LogP contribution in [-0.4, -0.2) is 65.4 Å². The van der Waals surface area contributed by atoms with Crippen LogP contribution in [0.4, 0.5) is 10.5 Å². The summed E-state index contributed by atoms with van der Waals surface area (Å²) in [5.74, 6) is 0.0916. The number of nitrogens with one attached hydrogen (secondary N) is 2. The van der Waals surface area contributed by atoms with Crippen molar-refractivity contribution in [3.8, 4) is 11.4 Å². The van der Waals surface area contributed by atoms with Gasteiger partial charge in [0.2, 0.25) is 0 Å². The van der Waals surface area contributed by atoms with Gasteiger partial charge >= 0.3 is 6.09 Å². The number of aromatic nitrogens is 2. The molecule has 0 saturated carbocycles. The van der Waals surface area contributed by atoms with Gasteiger partial charge in [-0.2, -0.15) is 5.10 Å². The molecule has 10 heteroatoms. The summed E-state index contributed by atoms with van der Waals surface area (Å²) < 4.78 is 7.01. The van der Waals surface area contributed by atoms with Crippen molar-refractivity contribution in [2.24, 2.45) is 5.92 Å². The topological polar surface area (TPSA) is 109 Å². The lowest BCUT2D eigenvalue weighted by atomic mass is 9.92. The number of phenolic OH excluding ortho intramolecular Hbond substituents is 1. The second-order valence-corrected chi connectivity index (χ2v) is 9.42. The Hall–Kier alpha value is -3.79. The first kappa shape index (κ1) is 23.9. The molecule has 2 saturated heterocycles. The van der Waals surface area contributed by atoms with Crippen molar-refractivity contribution in [3.05, 3.63) is 65.5 Å². The van der Waals surface area contributed by atoms with Gasteiger partial charge in [-0.1, -0.05) is 23.7 Å². The summed E-state index contributed by atoms with van der Waals surface area (Å²) in [6, 6.07) is 12.4. The van der Waals surface area contributed by atoms with Crippen LogP contribution in [0.3, 0.4) is 0 Å². The Balaban J connectivity index is 1.22. The number of hydrogen-bond acceptors (Lipinski definition) is 6. The predicted molar refractivity (Wildman–Crippen MR) is 136 cm³/mol. The molecule has 2 radical (unpaired) electrons. The molecule has 184 valence electrons. The number of piperidine rings is 1. The predicted octanol–water partition coefficient (Wildman–Crippen LogP) is 2.25. The molecule has 3 N–H and O–H groups in total. The molecule has 2 unspecified atom stereocenters. The van der Waals surface area contributed by atoms with E-state index in [1.165, 1.54) is 0 Å². The first-order valence-corrected chi connectivity index (χ1v) is 12.1. The number of aryl methyl sites for hydroxylation is 1. The van der Waals surface area contributed by atoms with Gasteiger partial charge in [-0.05, 0) is 44.5 Å². The fraction of sp³-hybridized carbons (Fsp3) is 0.346. The van der Waals surface area contributed by atoms with Crippen LogP contribution in [-0.2, 0) is 11.3 Å². The van der Waals surface area contributed by atoms with E-state index >= 15 is 0 Å². The fourth-order valence-electron chi connectivity index (χ4n) is 4.86. The Labute approximate surface area is 210 Å². The SMILES string of the molecule is [B]c1ccc(-n2cc(C(=O)Nc3ccc(CN4CCCC(C5CNC(=O)O5)C4)c(O)c3)c(C)n2)cc1. The zero-order valence-corrected chi connectivity index (χ0v) is 20.1. The van der Waals surface area contributed by atoms with E-state index in [0.29, 0.717) is 35.5 Å². The van der Waals surface area contributed by atoms with Gasteiger partial charge in [-0.3, -0.25) is 9.69 Å². The summed E-state index contributed by atoms with van der Waals surface area (Å²) in [6.45, 7) is 4.62. The second-order valence-electron chi connectivity index (χ2n) is 9.42. The average Bonchev–Trinajstić information content (AvgIpc) is 3.47. The lowest BCUT2D eigenvalue weighted by Crippen LogP contribution is -2.41. The van der Waals surface area contributed by atoms with Gasteiger partial charge in [-0.25, -0.2) is 9.48 Å². The zero-order valence-electron chi connectivity index (χ0n) is 20.1. The highest BCUT2D eigenvalue weighted by Gasteiger charge is 2.33. The molecule has 36 heavy (non-hydrogen) atoms. The van der Waals surface area contributed by atoms with Crippen LogP contribution in [0.1, 0.15) is 34.5 Å². The van der Waals surface area contributed by atoms with Crippen LogP contribution in [0.2, 0.25) is 0 Å². The Morgan fingerprint density at radius 2 is 2.08 bits per heavy atom. The van der Waals surface area contributed by atoms with Crippen molar-refractivity contribution >= 4 is 31.0 Å². The number of ether oxygens (including phenoxy) is 1. The fourth-order valence-corrected chi connectivity index (χ4v) is 4.86. The highest BCUT2D eigenvalue weighted by Crippen LogP contribution is 2.28. The maximum absolute atomic E-state index is 12.9. The van der Waals surface area contributed by atoms with Crippen molar-refractivity contribution in [1.29, 1.82) is 0 Å². The minimum atomic E-state index is -0.347. The molecule has 0 aliphatic carbocycles. The molecule has 0 spiro atoms. The van der Waals surface area contributed by atoms with E-state index in [1.54, 1.807) is 42.1 Å². The van der Waals surface area contributed by atoms with Gasteiger partial charge in [0.1, 0.15) is 19.7 Å². The first-order valence-electron chi connectivity index (χ1n) is 12.1. The van der Waals surface area contributed by atoms with E-state index in [4.69, 9.17) is 12.6 Å². The summed E-state index contributed by atoms with van der Waals surface area (Å²) in [5, 5.41) is 20.7. The molecule has 2 aliphatic heterocycles. The molecule has 2 aromatic carbocycles. The molecule has 2 fully saturated rings. The highest BCUT2D eigenvalue weighted by molar-refractivity contribution is 6.32. The smallest absolute Gasteiger partial charge is 0.407 e. The van der Waals surface area contributed by atoms with Crippen molar-refractivity contribution in [2.75, 3.05) is 25.0 Å². The third-order valence-corrected chi connectivity index (χ3v) is 6.81. The molecular formula is C26H28BN5O4. The molecule has 2 atom stereocenters. The number of cyclic esters (lactones) is 1. The van der Waals surface area contributed by atoms with Crippen LogP contribution in [0, 0.1) is 12.8 Å². The summed E-state index contributed by atoms with van der Waals surface area (Å²) in [7, 11) is 5.75. The third kappa shape index (κ3) is 5.23. The number of amides is 2. The van der Waals surface area contributed by atoms with Gasteiger partial charge in [0.25, 0.3) is 5.91 Å². The van der Waals surface area contributed by atoms with E-state index in [9.17, 15) is 14.7 Å². The van der Waals surface area contributed by atoms with Crippen LogP contribution in [0.5, 0.6) is 5.75 Å². The largest absolute Gasteiger partial charge is 0.508 e. The zero-order chi connectivity index (χ0) is 25.2. The Kier molecular flexibility index (Phi) is 6.69. The number of aromatic hydroxyl groups is 1. The van der Waals surface area contributed by atoms with Crippen LogP contribution in [0.15, 0.2) is 48.7 Å². The number of carbonyl (C=O) groups excluding carboxylic acids is 2. The van der Waals surface area contributed by atoms with Crippen LogP contribution < -0.4 is 16.1 Å². The van der Waals surface area contributed by atoms with E-state index in [-0.39, 0.29) is 29.8 Å². The van der Waals surface area contributed by atoms with E-state index < -0.39 is 0 Å². The Morgan fingerprint density at radius 1 is 1.28 bits per heavy atom. The molecule has 2 amide bonds. The first-order chi connectivity index (χ1) is 17.4. The molecule has 3 aromatic rings. The van der Waals surface area contributed by atoms with Gasteiger partial charge in [-0.15, -0.1) is 0 Å². The number of alkyl carbamates (subject to hydrolysis) is 1. The molecule has 2 aliphatic rings. The summed E-state index contributed by atoms with van der Waals surface area (Å²) in [6.07, 6.45) is 3.26. The molecule has 1 aromatic heterocycles. The lowest BCUT2D eigenvalue weighted by Gasteiger charge is -2.34. The van der Waals surface area contributed by atoms with E-state index in [1.807, 2.05) is 18.2 Å². The minimum Gasteiger partial charge on any atom is -0.508 e. The van der Waals surface area contributed by atoms with Crippen molar-refractivity contribution in [1.82, 2.24) is 20.0 Å². The normalized spacial score (nSPS) is 20.1. The maximum Gasteiger partial charge on any atom is 0.407 e. The van der Waals surface area contributed by atoms with Crippen molar-refractivity contribution < 1.29 is 19.4 Å². The molecular weight excluding hydrogens is 457 g/mol. The standard InChI is InChI=1S/C26H28BN5O4/c1-16-22(15-32(30-16)21-8-5-19(27)6-9-21)25(34)29-20-7-4-17(23(33)11-20)13-31-10-2-3-18(14-31)24-12-28-26(35)36-24/h4-9,11,15,18,24,33H,2-3,10,12-14H2,1H3,(H,28,35)(H,29,34). The van der Waals surface area contributed by atoms with Gasteiger partial charge in [0.05, 0.1) is 23.5 Å². The van der Waals surface area contributed by atoms with Crippen molar-refractivity contribution in [3.63, 3.8) is 0 Å². The molecule has 3 heterocycles. The Bertz CT molecular complexity index is 1280. The highest BCUT2D eigenvalue weighted by atomic mass is 16.6. The number of carbonyl (C=O) groups is 2. The van der Waals surface area contributed by atoms with E-state index in [2.05, 4.69) is 20.6 Å². The van der Waals surface area contributed by atoms with Gasteiger partial charge < -0.3 is 20.5 Å². The number of likely N-dealkylation sites (tertiary alicyclic amines) is 1. The van der Waals surface area contributed by atoms with Crippen molar-refractivity contribution in [2.45, 2.75) is 32.4 Å². The number of nitrogens with zero attached hydrogens (tertiary/aromatic N) is 3. The molecule has 5 rings (SSSR count). The van der Waals surface area contributed by atoms with Gasteiger partial charge in [0.15, 0.2) is 0 Å². The quantitative estimate of drug-likeness (QED) is 0.463. The summed E-state index contributed by atoms with van der Waals surface area (Å²) in [5.41, 5.74) is 3.77. The summed E-state index contributed by atoms with van der Waals surface area (Å²) in [4.78, 5) is 26.6. The second kappa shape index (κ2) is 10.1. The number of anilines is 1. The van der Waals surface area contributed by atoms with Crippen LogP contribution >= 0.6 is 0 Å². The lowest BCUT2D eigenvalue weighted by molar-refractivity contribution is 0.0576. The number of rotatable bonds is 6. The minimum absolute atomic E-state index is 0.0979. The Morgan fingerprint density at radius 3 is 2.81 bits per heavy atom. The summed E-state index contributed by atoms with van der Waals surface area (Å²) >= 11 is 0. The van der Waals surface area contributed by atoms with E-state index in [0.717, 1.165) is 37.2 Å². The van der Waals surface area contributed by atoms with Gasteiger partial charge in [0, 0.05) is 42.5 Å². The molecule has 0 bridgehead atoms. The number of hydrogen-bond donors (Lipinski definition) is 3. The average molecular weight is 485 g/mol. The molecule has 9 nitrogen and oxygen atoms in total. The number of benzene rings is 2. The monoisotopic (exact) mass is 485 g/mol. The van der Waals surface area contributed by atoms with Crippen LogP contribution in [0.25, 0.3) is 5.69 Å².